The highest BCUT2D eigenvalue weighted by atomic mass is 32.1. The molecule has 0 radical (unpaired) electrons. The number of nitrogens with zero attached hydrogens (tertiary/aromatic N) is 2. The number of piperidine rings is 1. The van der Waals surface area contributed by atoms with Gasteiger partial charge in [0.2, 0.25) is 5.91 Å². The van der Waals surface area contributed by atoms with Crippen molar-refractivity contribution in [2.75, 3.05) is 13.1 Å². The van der Waals surface area contributed by atoms with Crippen molar-refractivity contribution in [3.05, 3.63) is 77.1 Å². The Labute approximate surface area is 175 Å². The molecule has 0 saturated carbocycles. The van der Waals surface area contributed by atoms with Crippen LogP contribution in [0.2, 0.25) is 0 Å². The third kappa shape index (κ3) is 4.40. The molecule has 1 aliphatic heterocycles. The van der Waals surface area contributed by atoms with Crippen LogP contribution >= 0.6 is 11.3 Å². The second-order valence-corrected chi connectivity index (χ2v) is 8.46. The number of amides is 1. The summed E-state index contributed by atoms with van der Waals surface area (Å²) in [4.78, 5) is 20.0. The number of carbonyl (C=O) groups excluding carboxylic acids is 1. The Balaban J connectivity index is 1.50. The monoisotopic (exact) mass is 404 g/mol. The van der Waals surface area contributed by atoms with Gasteiger partial charge in [-0.05, 0) is 62.2 Å². The predicted octanol–water partition coefficient (Wildman–Crippen LogP) is 5.80. The van der Waals surface area contributed by atoms with Crippen LogP contribution in [-0.4, -0.2) is 28.9 Å². The normalized spacial score (nSPS) is 16.4. The van der Waals surface area contributed by atoms with E-state index in [9.17, 15) is 4.79 Å². The van der Waals surface area contributed by atoms with Crippen LogP contribution in [0.3, 0.4) is 0 Å². The van der Waals surface area contributed by atoms with Crippen LogP contribution in [-0.2, 0) is 4.79 Å². The Morgan fingerprint density at radius 3 is 2.62 bits per heavy atom. The molecule has 3 aromatic rings. The van der Waals surface area contributed by atoms with Crippen LogP contribution < -0.4 is 4.74 Å². The summed E-state index contributed by atoms with van der Waals surface area (Å²) in [5.74, 6) is 1.94. The van der Waals surface area contributed by atoms with Crippen LogP contribution in [0, 0.1) is 6.92 Å². The molecule has 1 fully saturated rings. The molecule has 5 heteroatoms. The van der Waals surface area contributed by atoms with Crippen molar-refractivity contribution in [1.29, 1.82) is 0 Å². The first-order valence-electron chi connectivity index (χ1n) is 9.86. The fourth-order valence-corrected chi connectivity index (χ4v) is 4.74. The maximum absolute atomic E-state index is 12.0. The van der Waals surface area contributed by atoms with Gasteiger partial charge in [-0.1, -0.05) is 24.8 Å². The van der Waals surface area contributed by atoms with E-state index >= 15 is 0 Å². The van der Waals surface area contributed by atoms with Crippen molar-refractivity contribution < 1.29 is 9.53 Å². The van der Waals surface area contributed by atoms with E-state index in [-0.39, 0.29) is 5.91 Å². The van der Waals surface area contributed by atoms with Gasteiger partial charge >= 0.3 is 0 Å². The lowest BCUT2D eigenvalue weighted by atomic mass is 9.98. The maximum atomic E-state index is 12.0. The minimum absolute atomic E-state index is 0.0113. The number of likely N-dealkylation sites (tertiary alicyclic amines) is 1. The summed E-state index contributed by atoms with van der Waals surface area (Å²) >= 11 is 1.74. The summed E-state index contributed by atoms with van der Waals surface area (Å²) < 4.78 is 5.88. The zero-order valence-electron chi connectivity index (χ0n) is 16.5. The summed E-state index contributed by atoms with van der Waals surface area (Å²) in [6, 6.07) is 17.8. The van der Waals surface area contributed by atoms with E-state index in [0.717, 1.165) is 53.7 Å². The number of rotatable bonds is 5. The molecule has 1 atom stereocenters. The van der Waals surface area contributed by atoms with Gasteiger partial charge in [-0.3, -0.25) is 4.79 Å². The van der Waals surface area contributed by atoms with Gasteiger partial charge in [0.15, 0.2) is 0 Å². The van der Waals surface area contributed by atoms with Crippen LogP contribution in [0.25, 0.3) is 11.3 Å². The van der Waals surface area contributed by atoms with Crippen molar-refractivity contribution in [3.8, 4) is 22.8 Å². The maximum Gasteiger partial charge on any atom is 0.245 e. The molecule has 1 saturated heterocycles. The van der Waals surface area contributed by atoms with E-state index < -0.39 is 0 Å². The first kappa shape index (κ1) is 19.4. The molecule has 148 valence electrons. The van der Waals surface area contributed by atoms with Crippen LogP contribution in [0.15, 0.2) is 67.3 Å². The minimum atomic E-state index is 0.0113. The zero-order chi connectivity index (χ0) is 20.2. The standard InChI is InChI=1S/C24H24N2O2S/c1-3-22(27)26-15-7-8-19(16-26)24-25-23(17(2)29-24)18-11-13-21(14-12-18)28-20-9-5-4-6-10-20/h3-6,9-14,19H,1,7-8,15-16H2,2H3. The van der Waals surface area contributed by atoms with Crippen molar-refractivity contribution in [3.63, 3.8) is 0 Å². The Bertz CT molecular complexity index is 995. The summed E-state index contributed by atoms with van der Waals surface area (Å²) in [6.45, 7) is 7.25. The Kier molecular flexibility index (Phi) is 5.76. The average molecular weight is 405 g/mol. The van der Waals surface area contributed by atoms with Crippen LogP contribution in [0.1, 0.15) is 28.6 Å². The molecule has 0 bridgehead atoms. The van der Waals surface area contributed by atoms with Gasteiger partial charge in [0, 0.05) is 29.4 Å². The topological polar surface area (TPSA) is 42.4 Å². The fourth-order valence-electron chi connectivity index (χ4n) is 3.67. The highest BCUT2D eigenvalue weighted by molar-refractivity contribution is 7.12. The van der Waals surface area contributed by atoms with Gasteiger partial charge in [-0.15, -0.1) is 11.3 Å². The highest BCUT2D eigenvalue weighted by Crippen LogP contribution is 2.36. The Morgan fingerprint density at radius 1 is 1.17 bits per heavy atom. The molecule has 0 aliphatic carbocycles. The van der Waals surface area contributed by atoms with E-state index in [1.165, 1.54) is 11.0 Å². The fraction of sp³-hybridized carbons (Fsp3) is 0.250. The van der Waals surface area contributed by atoms with E-state index in [2.05, 4.69) is 25.6 Å². The molecule has 2 aromatic carbocycles. The van der Waals surface area contributed by atoms with Gasteiger partial charge in [-0.25, -0.2) is 4.98 Å². The largest absolute Gasteiger partial charge is 0.457 e. The molecule has 4 nitrogen and oxygen atoms in total. The number of benzene rings is 2. The van der Waals surface area contributed by atoms with Crippen LogP contribution in [0.5, 0.6) is 11.5 Å². The lowest BCUT2D eigenvalue weighted by Crippen LogP contribution is -2.38. The molecular weight excluding hydrogens is 380 g/mol. The van der Waals surface area contributed by atoms with Gasteiger partial charge in [0.05, 0.1) is 10.7 Å². The van der Waals surface area contributed by atoms with E-state index in [0.29, 0.717) is 5.92 Å². The number of hydrogen-bond acceptors (Lipinski definition) is 4. The SMILES string of the molecule is C=CC(=O)N1CCCC(c2nc(-c3ccc(Oc4ccccc4)cc3)c(C)s2)C1. The molecule has 0 spiro atoms. The highest BCUT2D eigenvalue weighted by Gasteiger charge is 2.26. The number of aryl methyl sites for hydroxylation is 1. The van der Waals surface area contributed by atoms with Crippen molar-refractivity contribution in [2.45, 2.75) is 25.7 Å². The molecule has 29 heavy (non-hydrogen) atoms. The smallest absolute Gasteiger partial charge is 0.245 e. The molecule has 1 unspecified atom stereocenters. The summed E-state index contributed by atoms with van der Waals surface area (Å²) in [6.07, 6.45) is 3.47. The summed E-state index contributed by atoms with van der Waals surface area (Å²) in [7, 11) is 0. The Hall–Kier alpha value is -2.92. The minimum Gasteiger partial charge on any atom is -0.457 e. The number of carbonyl (C=O) groups is 1. The van der Waals surface area contributed by atoms with Gasteiger partial charge in [-0.2, -0.15) is 0 Å². The number of ether oxygens (including phenoxy) is 1. The molecule has 1 aromatic heterocycles. The van der Waals surface area contributed by atoms with Gasteiger partial charge < -0.3 is 9.64 Å². The lowest BCUT2D eigenvalue weighted by molar-refractivity contribution is -0.127. The second kappa shape index (κ2) is 8.62. The number of aromatic nitrogens is 1. The van der Waals surface area contributed by atoms with Crippen molar-refractivity contribution >= 4 is 17.2 Å². The molecule has 2 heterocycles. The van der Waals surface area contributed by atoms with E-state index in [1.807, 2.05) is 47.4 Å². The van der Waals surface area contributed by atoms with Crippen molar-refractivity contribution in [1.82, 2.24) is 9.88 Å². The van der Waals surface area contributed by atoms with Crippen LogP contribution in [0.4, 0.5) is 0 Å². The lowest BCUT2D eigenvalue weighted by Gasteiger charge is -2.31. The van der Waals surface area contributed by atoms with Gasteiger partial charge in [0.25, 0.3) is 0 Å². The number of para-hydroxylation sites is 1. The van der Waals surface area contributed by atoms with Gasteiger partial charge in [0.1, 0.15) is 11.5 Å². The number of thiazole rings is 1. The average Bonchev–Trinajstić information content (AvgIpc) is 3.16. The summed E-state index contributed by atoms with van der Waals surface area (Å²) in [5.41, 5.74) is 2.10. The zero-order valence-corrected chi connectivity index (χ0v) is 17.3. The van der Waals surface area contributed by atoms with E-state index in [4.69, 9.17) is 9.72 Å². The molecule has 4 rings (SSSR count). The van der Waals surface area contributed by atoms with E-state index in [1.54, 1.807) is 11.3 Å². The third-order valence-electron chi connectivity index (χ3n) is 5.18. The first-order chi connectivity index (χ1) is 14.1. The summed E-state index contributed by atoms with van der Waals surface area (Å²) in [5, 5.41) is 1.11. The molecule has 0 N–H and O–H groups in total. The molecule has 1 aliphatic rings. The second-order valence-electron chi connectivity index (χ2n) is 7.22. The number of hydrogen-bond donors (Lipinski definition) is 0. The predicted molar refractivity (Wildman–Crippen MR) is 118 cm³/mol. The molecular formula is C24H24N2O2S. The first-order valence-corrected chi connectivity index (χ1v) is 10.7. The third-order valence-corrected chi connectivity index (χ3v) is 6.31. The molecule has 1 amide bonds. The quantitative estimate of drug-likeness (QED) is 0.505. The van der Waals surface area contributed by atoms with Crippen molar-refractivity contribution in [2.24, 2.45) is 0 Å². The Morgan fingerprint density at radius 2 is 1.90 bits per heavy atom.